The molecule has 5 N–H and O–H groups in total. The van der Waals surface area contributed by atoms with Gasteiger partial charge < -0.3 is 26.4 Å². The summed E-state index contributed by atoms with van der Waals surface area (Å²) in [5.41, 5.74) is 7.04. The standard InChI is InChI=1S/C15H24N4O3/c1-15(2,3)22-14(21)19-8-7-18-12-6-5-10(9-11(12)16)13(20)17-4/h5-6,9,18H,7-8,16H2,1-4H3,(H,17,20)(H,19,21). The molecule has 2 amide bonds. The average molecular weight is 308 g/mol. The summed E-state index contributed by atoms with van der Waals surface area (Å²) in [5, 5.41) is 8.26. The second-order valence-corrected chi connectivity index (χ2v) is 5.74. The third-order valence-corrected chi connectivity index (χ3v) is 2.65. The SMILES string of the molecule is CNC(=O)c1ccc(NCCNC(=O)OC(C)(C)C)c(N)c1. The van der Waals surface area contributed by atoms with Gasteiger partial charge in [-0.3, -0.25) is 4.79 Å². The van der Waals surface area contributed by atoms with E-state index in [0.29, 0.717) is 30.0 Å². The number of nitrogens with one attached hydrogen (secondary N) is 3. The summed E-state index contributed by atoms with van der Waals surface area (Å²) >= 11 is 0. The molecule has 0 aliphatic carbocycles. The Morgan fingerprint density at radius 2 is 1.91 bits per heavy atom. The molecule has 0 aliphatic rings. The van der Waals surface area contributed by atoms with Crippen molar-refractivity contribution in [1.82, 2.24) is 10.6 Å². The minimum absolute atomic E-state index is 0.190. The fourth-order valence-electron chi connectivity index (χ4n) is 1.69. The van der Waals surface area contributed by atoms with Gasteiger partial charge in [0.15, 0.2) is 0 Å². The zero-order valence-electron chi connectivity index (χ0n) is 13.4. The Morgan fingerprint density at radius 3 is 2.45 bits per heavy atom. The number of nitrogens with two attached hydrogens (primary N) is 1. The van der Waals surface area contributed by atoms with Crippen LogP contribution in [-0.4, -0.2) is 37.7 Å². The highest BCUT2D eigenvalue weighted by Crippen LogP contribution is 2.19. The number of hydrogen-bond acceptors (Lipinski definition) is 5. The van der Waals surface area contributed by atoms with Gasteiger partial charge in [-0.15, -0.1) is 0 Å². The largest absolute Gasteiger partial charge is 0.444 e. The second-order valence-electron chi connectivity index (χ2n) is 5.74. The number of anilines is 2. The lowest BCUT2D eigenvalue weighted by Gasteiger charge is -2.19. The molecule has 0 saturated heterocycles. The van der Waals surface area contributed by atoms with E-state index in [1.165, 1.54) is 0 Å². The molecule has 0 fully saturated rings. The van der Waals surface area contributed by atoms with E-state index in [4.69, 9.17) is 10.5 Å². The Morgan fingerprint density at radius 1 is 1.23 bits per heavy atom. The van der Waals surface area contributed by atoms with Crippen LogP contribution in [0.2, 0.25) is 0 Å². The minimum atomic E-state index is -0.516. The van der Waals surface area contributed by atoms with Gasteiger partial charge in [-0.1, -0.05) is 0 Å². The fourth-order valence-corrected chi connectivity index (χ4v) is 1.69. The number of alkyl carbamates (subject to hydrolysis) is 1. The number of hydrogen-bond donors (Lipinski definition) is 4. The summed E-state index contributed by atoms with van der Waals surface area (Å²) in [4.78, 5) is 22.9. The molecule has 0 unspecified atom stereocenters. The first-order chi connectivity index (χ1) is 10.2. The van der Waals surface area contributed by atoms with Gasteiger partial charge >= 0.3 is 6.09 Å². The third-order valence-electron chi connectivity index (χ3n) is 2.65. The molecule has 7 nitrogen and oxygen atoms in total. The molecule has 0 aromatic heterocycles. The van der Waals surface area contributed by atoms with Crippen molar-refractivity contribution in [1.29, 1.82) is 0 Å². The first-order valence-corrected chi connectivity index (χ1v) is 7.05. The first kappa shape index (κ1) is 17.6. The van der Waals surface area contributed by atoms with Crippen LogP contribution in [-0.2, 0) is 4.74 Å². The zero-order chi connectivity index (χ0) is 16.8. The van der Waals surface area contributed by atoms with Crippen LogP contribution in [0.25, 0.3) is 0 Å². The summed E-state index contributed by atoms with van der Waals surface area (Å²) in [6.45, 7) is 6.30. The van der Waals surface area contributed by atoms with Crippen molar-refractivity contribution in [3.05, 3.63) is 23.8 Å². The van der Waals surface area contributed by atoms with Gasteiger partial charge in [0, 0.05) is 25.7 Å². The lowest BCUT2D eigenvalue weighted by atomic mass is 10.1. The molecule has 122 valence electrons. The van der Waals surface area contributed by atoms with Gasteiger partial charge in [0.1, 0.15) is 5.60 Å². The number of nitrogen functional groups attached to an aromatic ring is 1. The highest BCUT2D eigenvalue weighted by molar-refractivity contribution is 5.95. The van der Waals surface area contributed by atoms with E-state index >= 15 is 0 Å². The van der Waals surface area contributed by atoms with Crippen LogP contribution < -0.4 is 21.7 Å². The van der Waals surface area contributed by atoms with Crippen molar-refractivity contribution in [3.63, 3.8) is 0 Å². The van der Waals surface area contributed by atoms with Crippen LogP contribution >= 0.6 is 0 Å². The molecule has 0 aliphatic heterocycles. The molecule has 7 heteroatoms. The summed E-state index contributed by atoms with van der Waals surface area (Å²) < 4.78 is 5.12. The van der Waals surface area contributed by atoms with Crippen LogP contribution in [0.15, 0.2) is 18.2 Å². The van der Waals surface area contributed by atoms with Crippen LogP contribution in [0.1, 0.15) is 31.1 Å². The van der Waals surface area contributed by atoms with E-state index in [2.05, 4.69) is 16.0 Å². The van der Waals surface area contributed by atoms with E-state index in [1.54, 1.807) is 46.0 Å². The predicted molar refractivity (Wildman–Crippen MR) is 87.0 cm³/mol. The molecule has 0 atom stereocenters. The molecule has 0 radical (unpaired) electrons. The van der Waals surface area contributed by atoms with Gasteiger partial charge in [-0.05, 0) is 39.0 Å². The minimum Gasteiger partial charge on any atom is -0.444 e. The number of amides is 2. The Kier molecular flexibility index (Phi) is 6.03. The third kappa shape index (κ3) is 5.90. The Balaban J connectivity index is 2.43. The van der Waals surface area contributed by atoms with Crippen LogP contribution in [0, 0.1) is 0 Å². The number of carbonyl (C=O) groups is 2. The first-order valence-electron chi connectivity index (χ1n) is 7.05. The average Bonchev–Trinajstić information content (AvgIpc) is 2.42. The number of carbonyl (C=O) groups excluding carboxylic acids is 2. The lowest BCUT2D eigenvalue weighted by molar-refractivity contribution is 0.0530. The normalized spacial score (nSPS) is 10.7. The van der Waals surface area contributed by atoms with Crippen molar-refractivity contribution < 1.29 is 14.3 Å². The van der Waals surface area contributed by atoms with Gasteiger partial charge in [0.2, 0.25) is 0 Å². The lowest BCUT2D eigenvalue weighted by Crippen LogP contribution is -2.35. The number of benzene rings is 1. The van der Waals surface area contributed by atoms with E-state index in [-0.39, 0.29) is 5.91 Å². The van der Waals surface area contributed by atoms with Crippen molar-refractivity contribution in [3.8, 4) is 0 Å². The van der Waals surface area contributed by atoms with Crippen molar-refractivity contribution in [2.45, 2.75) is 26.4 Å². The number of rotatable bonds is 5. The van der Waals surface area contributed by atoms with Gasteiger partial charge in [-0.2, -0.15) is 0 Å². The molecule has 0 bridgehead atoms. The Bertz CT molecular complexity index is 538. The smallest absolute Gasteiger partial charge is 0.407 e. The maximum absolute atomic E-state index is 11.5. The predicted octanol–water partition coefficient (Wildman–Crippen LogP) is 1.56. The van der Waals surface area contributed by atoms with Gasteiger partial charge in [0.05, 0.1) is 11.4 Å². The topological polar surface area (TPSA) is 105 Å². The molecule has 0 heterocycles. The Hall–Kier alpha value is -2.44. The molecule has 0 spiro atoms. The van der Waals surface area contributed by atoms with Crippen LogP contribution in [0.5, 0.6) is 0 Å². The van der Waals surface area contributed by atoms with E-state index in [1.807, 2.05) is 0 Å². The summed E-state index contributed by atoms with van der Waals surface area (Å²) in [7, 11) is 1.56. The molecular formula is C15H24N4O3. The van der Waals surface area contributed by atoms with E-state index < -0.39 is 11.7 Å². The maximum Gasteiger partial charge on any atom is 0.407 e. The quantitative estimate of drug-likeness (QED) is 0.488. The van der Waals surface area contributed by atoms with Crippen molar-refractivity contribution in [2.75, 3.05) is 31.2 Å². The molecule has 22 heavy (non-hydrogen) atoms. The van der Waals surface area contributed by atoms with E-state index in [9.17, 15) is 9.59 Å². The highest BCUT2D eigenvalue weighted by Gasteiger charge is 2.15. The maximum atomic E-state index is 11.5. The molecule has 0 saturated carbocycles. The molecule has 1 aromatic carbocycles. The van der Waals surface area contributed by atoms with Gasteiger partial charge in [-0.25, -0.2) is 4.79 Å². The summed E-state index contributed by atoms with van der Waals surface area (Å²) in [5.74, 6) is -0.190. The summed E-state index contributed by atoms with van der Waals surface area (Å²) in [6, 6.07) is 5.01. The highest BCUT2D eigenvalue weighted by atomic mass is 16.6. The van der Waals surface area contributed by atoms with E-state index in [0.717, 1.165) is 0 Å². The van der Waals surface area contributed by atoms with Crippen molar-refractivity contribution >= 4 is 23.4 Å². The van der Waals surface area contributed by atoms with Gasteiger partial charge in [0.25, 0.3) is 5.91 Å². The zero-order valence-corrected chi connectivity index (χ0v) is 13.4. The summed E-state index contributed by atoms with van der Waals surface area (Å²) in [6.07, 6.45) is -0.461. The van der Waals surface area contributed by atoms with Crippen LogP contribution in [0.4, 0.5) is 16.2 Å². The fraction of sp³-hybridized carbons (Fsp3) is 0.467. The molecule has 1 rings (SSSR count). The second kappa shape index (κ2) is 7.53. The molecular weight excluding hydrogens is 284 g/mol. The molecule has 1 aromatic rings. The Labute approximate surface area is 130 Å². The van der Waals surface area contributed by atoms with Crippen molar-refractivity contribution in [2.24, 2.45) is 0 Å². The van der Waals surface area contributed by atoms with Crippen LogP contribution in [0.3, 0.4) is 0 Å². The number of ether oxygens (including phenoxy) is 1. The monoisotopic (exact) mass is 308 g/mol.